The highest BCUT2D eigenvalue weighted by molar-refractivity contribution is 5.83. The molecule has 0 aliphatic carbocycles. The number of benzene rings is 2. The Morgan fingerprint density at radius 1 is 1.15 bits per heavy atom. The van der Waals surface area contributed by atoms with Crippen LogP contribution in [0.15, 0.2) is 42.5 Å². The third-order valence-corrected chi connectivity index (χ3v) is 4.81. The van der Waals surface area contributed by atoms with E-state index in [2.05, 4.69) is 6.07 Å². The highest BCUT2D eigenvalue weighted by Gasteiger charge is 2.26. The fraction of sp³-hybridized carbons (Fsp3) is 0.476. The lowest BCUT2D eigenvalue weighted by molar-refractivity contribution is -0.123. The van der Waals surface area contributed by atoms with Gasteiger partial charge in [0.15, 0.2) is 0 Å². The monoisotopic (exact) mass is 358 g/mol. The highest BCUT2D eigenvalue weighted by Crippen LogP contribution is 2.22. The van der Waals surface area contributed by atoms with E-state index in [0.29, 0.717) is 19.3 Å². The first-order valence-electron chi connectivity index (χ1n) is 9.09. The molecule has 26 heavy (non-hydrogen) atoms. The van der Waals surface area contributed by atoms with Gasteiger partial charge in [-0.05, 0) is 55.9 Å². The number of carbonyl (C=O) groups excluding carboxylic acids is 1. The van der Waals surface area contributed by atoms with Crippen LogP contribution in [0.4, 0.5) is 0 Å². The molecule has 142 valence electrons. The van der Waals surface area contributed by atoms with Gasteiger partial charge in [-0.3, -0.25) is 4.79 Å². The molecule has 2 aromatic carbocycles. The van der Waals surface area contributed by atoms with Crippen LogP contribution in [0, 0.1) is 5.92 Å². The molecule has 0 spiro atoms. The van der Waals surface area contributed by atoms with E-state index in [-0.39, 0.29) is 6.42 Å². The van der Waals surface area contributed by atoms with E-state index in [1.165, 1.54) is 0 Å². The lowest BCUT2D eigenvalue weighted by Gasteiger charge is -2.25. The molecule has 2 rings (SSSR count). The average Bonchev–Trinajstić information content (AvgIpc) is 2.57. The van der Waals surface area contributed by atoms with E-state index in [9.17, 15) is 15.0 Å². The van der Waals surface area contributed by atoms with Crippen molar-refractivity contribution in [1.82, 2.24) is 0 Å². The minimum Gasteiger partial charge on any atom is -0.391 e. The molecule has 0 saturated carbocycles. The Morgan fingerprint density at radius 3 is 2.42 bits per heavy atom. The van der Waals surface area contributed by atoms with Gasteiger partial charge >= 0.3 is 0 Å². The van der Waals surface area contributed by atoms with Crippen molar-refractivity contribution in [1.29, 1.82) is 0 Å². The largest absolute Gasteiger partial charge is 0.391 e. The van der Waals surface area contributed by atoms with Gasteiger partial charge in [0.25, 0.3) is 0 Å². The second kappa shape index (κ2) is 8.62. The minimum atomic E-state index is -0.869. The van der Waals surface area contributed by atoms with E-state index in [4.69, 9.17) is 11.5 Å². The fourth-order valence-corrected chi connectivity index (χ4v) is 3.14. The first kappa shape index (κ1) is 20.4. The summed E-state index contributed by atoms with van der Waals surface area (Å²) in [4.78, 5) is 11.7. The summed E-state index contributed by atoms with van der Waals surface area (Å²) in [6, 6.07) is 13.7. The predicted molar refractivity (Wildman–Crippen MR) is 104 cm³/mol. The van der Waals surface area contributed by atoms with Gasteiger partial charge in [0, 0.05) is 12.0 Å². The first-order chi connectivity index (χ1) is 12.2. The zero-order chi connectivity index (χ0) is 19.3. The molecule has 0 fully saturated rings. The maximum atomic E-state index is 11.7. The Labute approximate surface area is 155 Å². The average molecular weight is 358 g/mol. The summed E-state index contributed by atoms with van der Waals surface area (Å²) in [5, 5.41) is 22.6. The molecule has 0 aliphatic heterocycles. The second-order valence-corrected chi connectivity index (χ2v) is 7.80. The van der Waals surface area contributed by atoms with E-state index < -0.39 is 29.6 Å². The number of hydrogen-bond acceptors (Lipinski definition) is 4. The maximum Gasteiger partial charge on any atom is 0.220 e. The van der Waals surface area contributed by atoms with Crippen LogP contribution in [-0.2, 0) is 11.2 Å². The van der Waals surface area contributed by atoms with Crippen molar-refractivity contribution in [2.75, 3.05) is 0 Å². The SMILES string of the molecule is CC(C)(O)CC[C@H](C[C@H](O)[C@@H](N)Cc1ccc2ccccc2c1)C(N)=O. The highest BCUT2D eigenvalue weighted by atomic mass is 16.3. The molecule has 0 unspecified atom stereocenters. The standard InChI is InChI=1S/C21H30N2O3/c1-21(2,26)10-9-17(20(23)25)13-19(24)18(22)12-14-7-8-15-5-3-4-6-16(15)11-14/h3-8,11,17-19,24,26H,9-10,12-13,22H2,1-2H3,(H2,23,25)/t17-,18+,19+/m1/s1. The zero-order valence-electron chi connectivity index (χ0n) is 15.6. The molecule has 0 saturated heterocycles. The van der Waals surface area contributed by atoms with Crippen LogP contribution >= 0.6 is 0 Å². The van der Waals surface area contributed by atoms with Gasteiger partial charge in [0.05, 0.1) is 11.7 Å². The molecule has 1 amide bonds. The van der Waals surface area contributed by atoms with E-state index in [1.807, 2.05) is 36.4 Å². The summed E-state index contributed by atoms with van der Waals surface area (Å²) in [6.45, 7) is 3.37. The van der Waals surface area contributed by atoms with Crippen molar-refractivity contribution < 1.29 is 15.0 Å². The van der Waals surface area contributed by atoms with E-state index >= 15 is 0 Å². The van der Waals surface area contributed by atoms with Crippen LogP contribution in [0.25, 0.3) is 10.8 Å². The third kappa shape index (κ3) is 6.09. The molecule has 5 nitrogen and oxygen atoms in total. The number of nitrogens with two attached hydrogens (primary N) is 2. The Balaban J connectivity index is 1.97. The predicted octanol–water partition coefficient (Wildman–Crippen LogP) is 2.11. The number of rotatable bonds is 9. The molecule has 5 heteroatoms. The van der Waals surface area contributed by atoms with Gasteiger partial charge in [-0.15, -0.1) is 0 Å². The normalized spacial score (nSPS) is 15.6. The van der Waals surface area contributed by atoms with Crippen LogP contribution in [0.3, 0.4) is 0 Å². The molecule has 2 aromatic rings. The van der Waals surface area contributed by atoms with Crippen molar-refractivity contribution in [3.63, 3.8) is 0 Å². The summed E-state index contributed by atoms with van der Waals surface area (Å²) in [6.07, 6.45) is 0.760. The topological polar surface area (TPSA) is 110 Å². The number of carbonyl (C=O) groups is 1. The van der Waals surface area contributed by atoms with Gasteiger partial charge in [0.2, 0.25) is 5.91 Å². The Hall–Kier alpha value is -1.95. The van der Waals surface area contributed by atoms with Crippen LogP contribution in [0.5, 0.6) is 0 Å². The first-order valence-corrected chi connectivity index (χ1v) is 9.09. The van der Waals surface area contributed by atoms with Gasteiger partial charge in [0.1, 0.15) is 0 Å². The van der Waals surface area contributed by atoms with Crippen molar-refractivity contribution in [2.45, 2.75) is 57.3 Å². The Bertz CT molecular complexity index is 739. The smallest absolute Gasteiger partial charge is 0.220 e. The van der Waals surface area contributed by atoms with Crippen molar-refractivity contribution in [2.24, 2.45) is 17.4 Å². The molecule has 0 aliphatic rings. The molecule has 0 aromatic heterocycles. The number of aliphatic hydroxyl groups is 2. The second-order valence-electron chi connectivity index (χ2n) is 7.80. The fourth-order valence-electron chi connectivity index (χ4n) is 3.14. The van der Waals surface area contributed by atoms with Crippen LogP contribution in [0.2, 0.25) is 0 Å². The van der Waals surface area contributed by atoms with Gasteiger partial charge in [-0.2, -0.15) is 0 Å². The molecule has 6 N–H and O–H groups in total. The van der Waals surface area contributed by atoms with Gasteiger partial charge in [-0.25, -0.2) is 0 Å². The maximum absolute atomic E-state index is 11.7. The number of aliphatic hydroxyl groups excluding tert-OH is 1. The lowest BCUT2D eigenvalue weighted by Crippen LogP contribution is -2.40. The van der Waals surface area contributed by atoms with Crippen molar-refractivity contribution in [3.05, 3.63) is 48.0 Å². The minimum absolute atomic E-state index is 0.208. The van der Waals surface area contributed by atoms with Gasteiger partial charge < -0.3 is 21.7 Å². The van der Waals surface area contributed by atoms with Crippen molar-refractivity contribution in [3.8, 4) is 0 Å². The Morgan fingerprint density at radius 2 is 1.81 bits per heavy atom. The quantitative estimate of drug-likeness (QED) is 0.550. The van der Waals surface area contributed by atoms with Gasteiger partial charge in [-0.1, -0.05) is 42.5 Å². The third-order valence-electron chi connectivity index (χ3n) is 4.81. The molecular weight excluding hydrogens is 328 g/mol. The molecular formula is C21H30N2O3. The molecule has 3 atom stereocenters. The number of hydrogen-bond donors (Lipinski definition) is 4. The summed E-state index contributed by atoms with van der Waals surface area (Å²) in [7, 11) is 0. The van der Waals surface area contributed by atoms with Crippen molar-refractivity contribution >= 4 is 16.7 Å². The number of fused-ring (bicyclic) bond motifs is 1. The molecule has 0 radical (unpaired) electrons. The van der Waals surface area contributed by atoms with Crippen LogP contribution < -0.4 is 11.5 Å². The Kier molecular flexibility index (Phi) is 6.75. The summed E-state index contributed by atoms with van der Waals surface area (Å²) >= 11 is 0. The number of primary amides is 1. The molecule has 0 heterocycles. The summed E-state index contributed by atoms with van der Waals surface area (Å²) in [5.41, 5.74) is 11.8. The summed E-state index contributed by atoms with van der Waals surface area (Å²) in [5.74, 6) is -0.967. The zero-order valence-corrected chi connectivity index (χ0v) is 15.6. The van der Waals surface area contributed by atoms with E-state index in [1.54, 1.807) is 13.8 Å². The lowest BCUT2D eigenvalue weighted by atomic mass is 9.87. The summed E-state index contributed by atoms with van der Waals surface area (Å²) < 4.78 is 0. The van der Waals surface area contributed by atoms with E-state index in [0.717, 1.165) is 16.3 Å². The van der Waals surface area contributed by atoms with Crippen LogP contribution in [0.1, 0.15) is 38.7 Å². The molecule has 0 bridgehead atoms. The number of amides is 1. The van der Waals surface area contributed by atoms with Crippen LogP contribution in [-0.4, -0.2) is 33.9 Å².